The summed E-state index contributed by atoms with van der Waals surface area (Å²) in [7, 11) is -5.33. The predicted molar refractivity (Wildman–Crippen MR) is 65.5 cm³/mol. The van der Waals surface area contributed by atoms with Crippen LogP contribution in [-0.2, 0) is 28.3 Å². The monoisotopic (exact) mass is 300 g/mol. The van der Waals surface area contributed by atoms with E-state index in [0.29, 0.717) is 0 Å². The molecule has 0 aliphatic carbocycles. The topological polar surface area (TPSA) is 99.1 Å². The fraction of sp³-hybridized carbons (Fsp3) is 0.778. The first-order valence-electron chi connectivity index (χ1n) is 5.00. The quantitative estimate of drug-likeness (QED) is 0.410. The Morgan fingerprint density at radius 1 is 1.33 bits per heavy atom. The lowest BCUT2D eigenvalue weighted by molar-refractivity contribution is 0.148. The summed E-state index contributed by atoms with van der Waals surface area (Å²) in [4.78, 5) is 0. The highest BCUT2D eigenvalue weighted by atomic mass is 32.2. The Morgan fingerprint density at radius 3 is 2.28 bits per heavy atom. The number of phosphoric ester groups is 1. The van der Waals surface area contributed by atoms with Crippen molar-refractivity contribution in [3.63, 3.8) is 0 Å². The molecule has 18 heavy (non-hydrogen) atoms. The lowest BCUT2D eigenvalue weighted by atomic mass is 10.1. The summed E-state index contributed by atoms with van der Waals surface area (Å²) >= 11 is 0. The van der Waals surface area contributed by atoms with Crippen LogP contribution in [0.25, 0.3) is 0 Å². The van der Waals surface area contributed by atoms with E-state index in [0.717, 1.165) is 0 Å². The molecule has 0 heterocycles. The second-order valence-corrected chi connectivity index (χ2v) is 6.65. The van der Waals surface area contributed by atoms with Crippen molar-refractivity contribution in [1.82, 2.24) is 0 Å². The van der Waals surface area contributed by atoms with Crippen molar-refractivity contribution in [3.8, 4) is 11.8 Å². The highest BCUT2D eigenvalue weighted by molar-refractivity contribution is 7.85. The molecule has 9 heteroatoms. The molecular formula is C9H17O7PS. The lowest BCUT2D eigenvalue weighted by Crippen LogP contribution is -2.16. The van der Waals surface area contributed by atoms with Crippen molar-refractivity contribution >= 4 is 17.9 Å². The maximum atomic E-state index is 11.5. The van der Waals surface area contributed by atoms with Gasteiger partial charge in [0.15, 0.2) is 0 Å². The van der Waals surface area contributed by atoms with Crippen molar-refractivity contribution in [2.45, 2.75) is 13.3 Å². The third-order valence-electron chi connectivity index (χ3n) is 1.92. The second-order valence-electron chi connectivity index (χ2n) is 3.27. The van der Waals surface area contributed by atoms with Crippen molar-refractivity contribution in [1.29, 1.82) is 0 Å². The minimum Gasteiger partial charge on any atom is -0.290 e. The molecule has 0 radical (unpaired) electrons. The molecule has 1 unspecified atom stereocenters. The molecule has 0 saturated carbocycles. The molecule has 0 aliphatic rings. The summed E-state index contributed by atoms with van der Waals surface area (Å²) in [6.45, 7) is 1.49. The Hall–Kier alpha value is -0.420. The van der Waals surface area contributed by atoms with Gasteiger partial charge in [0.1, 0.15) is 0 Å². The molecule has 0 aromatic heterocycles. The van der Waals surface area contributed by atoms with E-state index < -0.39 is 29.6 Å². The van der Waals surface area contributed by atoms with Crippen LogP contribution in [0.1, 0.15) is 13.3 Å². The molecular weight excluding hydrogens is 283 g/mol. The van der Waals surface area contributed by atoms with Gasteiger partial charge in [-0.2, -0.15) is 8.42 Å². The standard InChI is InChI=1S/C9H17O7PS/c1-4-5-9(8-18(11,12)13)6-7-16-17(10,14-2)15-3/h9H,6-8H2,1-3H3,(H,11,12,13). The molecule has 7 nitrogen and oxygen atoms in total. The fourth-order valence-electron chi connectivity index (χ4n) is 1.14. The SMILES string of the molecule is CC#CC(CCOP(=O)(OC)OC)CS(=O)(=O)O. The Kier molecular flexibility index (Phi) is 7.71. The van der Waals surface area contributed by atoms with E-state index in [1.807, 2.05) is 0 Å². The van der Waals surface area contributed by atoms with Crippen molar-refractivity contribution in [3.05, 3.63) is 0 Å². The van der Waals surface area contributed by atoms with Crippen LogP contribution in [0, 0.1) is 17.8 Å². The van der Waals surface area contributed by atoms with Crippen molar-refractivity contribution < 1.29 is 31.1 Å². The maximum absolute atomic E-state index is 11.5. The van der Waals surface area contributed by atoms with Crippen molar-refractivity contribution in [2.24, 2.45) is 5.92 Å². The second kappa shape index (κ2) is 7.89. The van der Waals surface area contributed by atoms with Crippen LogP contribution in [0.2, 0.25) is 0 Å². The van der Waals surface area contributed by atoms with E-state index in [2.05, 4.69) is 20.9 Å². The van der Waals surface area contributed by atoms with Gasteiger partial charge in [-0.1, -0.05) is 5.92 Å². The van der Waals surface area contributed by atoms with Gasteiger partial charge >= 0.3 is 7.82 Å². The molecule has 0 amide bonds. The van der Waals surface area contributed by atoms with Gasteiger partial charge in [0.2, 0.25) is 0 Å². The molecule has 1 N–H and O–H groups in total. The predicted octanol–water partition coefficient (Wildman–Crippen LogP) is 1.32. The first-order valence-corrected chi connectivity index (χ1v) is 8.06. The summed E-state index contributed by atoms with van der Waals surface area (Å²) < 4.78 is 55.7. The van der Waals surface area contributed by atoms with Gasteiger partial charge in [0.25, 0.3) is 10.1 Å². The average molecular weight is 300 g/mol. The number of hydrogen-bond acceptors (Lipinski definition) is 6. The fourth-order valence-corrected chi connectivity index (χ4v) is 2.59. The van der Waals surface area contributed by atoms with Gasteiger partial charge < -0.3 is 0 Å². The van der Waals surface area contributed by atoms with Crippen LogP contribution >= 0.6 is 7.82 Å². The van der Waals surface area contributed by atoms with E-state index in [1.54, 1.807) is 6.92 Å². The minimum absolute atomic E-state index is 0.0617. The van der Waals surface area contributed by atoms with E-state index in [4.69, 9.17) is 9.08 Å². The lowest BCUT2D eigenvalue weighted by Gasteiger charge is -2.14. The van der Waals surface area contributed by atoms with E-state index in [1.165, 1.54) is 14.2 Å². The van der Waals surface area contributed by atoms with Crippen LogP contribution in [0.5, 0.6) is 0 Å². The Balaban J connectivity index is 4.37. The highest BCUT2D eigenvalue weighted by Crippen LogP contribution is 2.47. The van der Waals surface area contributed by atoms with E-state index in [-0.39, 0.29) is 13.0 Å². The summed E-state index contributed by atoms with van der Waals surface area (Å²) in [5.74, 6) is 4.07. The van der Waals surface area contributed by atoms with Gasteiger partial charge in [0, 0.05) is 20.1 Å². The number of rotatable bonds is 8. The average Bonchev–Trinajstić information content (AvgIpc) is 2.27. The maximum Gasteiger partial charge on any atom is 0.474 e. The molecule has 0 aliphatic heterocycles. The zero-order valence-electron chi connectivity index (χ0n) is 10.5. The Bertz CT molecular complexity index is 439. The molecule has 0 spiro atoms. The Morgan fingerprint density at radius 2 is 1.89 bits per heavy atom. The first-order chi connectivity index (χ1) is 8.26. The number of phosphoric acid groups is 1. The molecule has 1 atom stereocenters. The van der Waals surface area contributed by atoms with E-state index >= 15 is 0 Å². The summed E-state index contributed by atoms with van der Waals surface area (Å²) in [6, 6.07) is 0. The summed E-state index contributed by atoms with van der Waals surface area (Å²) in [5.41, 5.74) is 0. The third-order valence-corrected chi connectivity index (χ3v) is 4.14. The first kappa shape index (κ1) is 17.6. The normalized spacial score (nSPS) is 13.8. The van der Waals surface area contributed by atoms with Gasteiger partial charge in [-0.3, -0.25) is 18.1 Å². The van der Waals surface area contributed by atoms with Crippen LogP contribution in [0.4, 0.5) is 0 Å². The highest BCUT2D eigenvalue weighted by Gasteiger charge is 2.23. The molecule has 0 bridgehead atoms. The third kappa shape index (κ3) is 7.82. The van der Waals surface area contributed by atoms with Gasteiger partial charge in [-0.05, 0) is 13.3 Å². The summed E-state index contributed by atoms with van der Waals surface area (Å²) in [6.07, 6.45) is 0.178. The molecule has 0 rings (SSSR count). The van der Waals surface area contributed by atoms with Crippen LogP contribution in [0.15, 0.2) is 0 Å². The largest absolute Gasteiger partial charge is 0.474 e. The smallest absolute Gasteiger partial charge is 0.290 e. The van der Waals surface area contributed by atoms with Crippen LogP contribution in [-0.4, -0.2) is 39.5 Å². The van der Waals surface area contributed by atoms with Crippen molar-refractivity contribution in [2.75, 3.05) is 26.6 Å². The van der Waals surface area contributed by atoms with Gasteiger partial charge in [0.05, 0.1) is 12.4 Å². The van der Waals surface area contributed by atoms with Crippen LogP contribution in [0.3, 0.4) is 0 Å². The zero-order valence-corrected chi connectivity index (χ0v) is 12.2. The van der Waals surface area contributed by atoms with E-state index in [9.17, 15) is 13.0 Å². The molecule has 0 saturated heterocycles. The number of hydrogen-bond donors (Lipinski definition) is 1. The molecule has 106 valence electrons. The van der Waals surface area contributed by atoms with Gasteiger partial charge in [-0.25, -0.2) is 4.57 Å². The minimum atomic E-state index is -4.11. The summed E-state index contributed by atoms with van der Waals surface area (Å²) in [5, 5.41) is 0. The zero-order chi connectivity index (χ0) is 14.2. The Labute approximate surface area is 107 Å². The molecule has 0 aromatic rings. The van der Waals surface area contributed by atoms with Crippen LogP contribution < -0.4 is 0 Å². The molecule has 0 fully saturated rings. The van der Waals surface area contributed by atoms with Gasteiger partial charge in [-0.15, -0.1) is 5.92 Å². The molecule has 0 aromatic carbocycles.